The molecule has 0 spiro atoms. The molecular formula is C19H34N8O8. The second-order valence-electron chi connectivity index (χ2n) is 7.68. The van der Waals surface area contributed by atoms with Crippen molar-refractivity contribution >= 4 is 41.5 Å². The van der Waals surface area contributed by atoms with Crippen molar-refractivity contribution in [3.8, 4) is 0 Å². The lowest BCUT2D eigenvalue weighted by molar-refractivity contribution is -0.142. The van der Waals surface area contributed by atoms with Crippen LogP contribution in [0.1, 0.15) is 45.4 Å². The Morgan fingerprint density at radius 1 is 0.800 bits per heavy atom. The SMILES string of the molecule is CC(NC(=O)C(CCC(=O)O)NC(=O)C(N)CCC(N)=O)C(=O)NC(CCCN=C(N)N)C(=O)O. The van der Waals surface area contributed by atoms with Gasteiger partial charge in [0.25, 0.3) is 0 Å². The molecule has 0 aromatic heterocycles. The molecule has 0 aliphatic rings. The van der Waals surface area contributed by atoms with Crippen LogP contribution in [0, 0.1) is 0 Å². The number of aliphatic imine (C=N–C) groups is 1. The number of hydrogen-bond acceptors (Lipinski definition) is 8. The van der Waals surface area contributed by atoms with E-state index < -0.39 is 66.2 Å². The van der Waals surface area contributed by atoms with Crippen LogP contribution in [0.25, 0.3) is 0 Å². The molecule has 0 aliphatic heterocycles. The highest BCUT2D eigenvalue weighted by Gasteiger charge is 2.28. The molecule has 16 heteroatoms. The summed E-state index contributed by atoms with van der Waals surface area (Å²) >= 11 is 0. The first-order valence-electron chi connectivity index (χ1n) is 10.7. The van der Waals surface area contributed by atoms with Gasteiger partial charge in [0, 0.05) is 19.4 Å². The molecular weight excluding hydrogens is 468 g/mol. The molecule has 0 rings (SSSR count). The molecule has 198 valence electrons. The van der Waals surface area contributed by atoms with E-state index in [1.807, 2.05) is 0 Å². The molecule has 0 saturated carbocycles. The fourth-order valence-electron chi connectivity index (χ4n) is 2.68. The first kappa shape index (κ1) is 31.0. The second-order valence-corrected chi connectivity index (χ2v) is 7.68. The maximum atomic E-state index is 12.6. The van der Waals surface area contributed by atoms with Crippen LogP contribution in [0.4, 0.5) is 0 Å². The van der Waals surface area contributed by atoms with E-state index in [-0.39, 0.29) is 44.6 Å². The minimum Gasteiger partial charge on any atom is -0.481 e. The van der Waals surface area contributed by atoms with Gasteiger partial charge in [-0.25, -0.2) is 4.79 Å². The van der Waals surface area contributed by atoms with Gasteiger partial charge in [-0.05, 0) is 32.6 Å². The fraction of sp³-hybridized carbons (Fsp3) is 0.632. The summed E-state index contributed by atoms with van der Waals surface area (Å²) in [6, 6.07) is -5.04. The van der Waals surface area contributed by atoms with Gasteiger partial charge >= 0.3 is 11.9 Å². The van der Waals surface area contributed by atoms with Crippen LogP contribution in [0.3, 0.4) is 0 Å². The summed E-state index contributed by atoms with van der Waals surface area (Å²) in [5.41, 5.74) is 21.0. The molecule has 16 nitrogen and oxygen atoms in total. The number of nitrogens with zero attached hydrogens (tertiary/aromatic N) is 1. The van der Waals surface area contributed by atoms with E-state index in [1.165, 1.54) is 6.92 Å². The molecule has 4 atom stereocenters. The van der Waals surface area contributed by atoms with E-state index in [0.29, 0.717) is 0 Å². The third kappa shape index (κ3) is 14.0. The lowest BCUT2D eigenvalue weighted by Gasteiger charge is -2.23. The summed E-state index contributed by atoms with van der Waals surface area (Å²) in [4.78, 5) is 74.2. The van der Waals surface area contributed by atoms with E-state index in [0.717, 1.165) is 0 Å². The van der Waals surface area contributed by atoms with Crippen LogP contribution in [0.2, 0.25) is 0 Å². The van der Waals surface area contributed by atoms with Gasteiger partial charge in [0.15, 0.2) is 5.96 Å². The predicted molar refractivity (Wildman–Crippen MR) is 122 cm³/mol. The van der Waals surface area contributed by atoms with Crippen LogP contribution in [-0.4, -0.2) is 82.5 Å². The maximum absolute atomic E-state index is 12.6. The largest absolute Gasteiger partial charge is 0.481 e. The number of primary amides is 1. The Kier molecular flexibility index (Phi) is 14.0. The zero-order valence-electron chi connectivity index (χ0n) is 19.4. The van der Waals surface area contributed by atoms with Crippen molar-refractivity contribution in [2.24, 2.45) is 27.9 Å². The molecule has 0 aromatic carbocycles. The highest BCUT2D eigenvalue weighted by molar-refractivity contribution is 5.94. The van der Waals surface area contributed by atoms with Crippen molar-refractivity contribution in [1.29, 1.82) is 0 Å². The van der Waals surface area contributed by atoms with E-state index in [1.54, 1.807) is 0 Å². The van der Waals surface area contributed by atoms with Crippen LogP contribution >= 0.6 is 0 Å². The molecule has 0 heterocycles. The van der Waals surface area contributed by atoms with Gasteiger partial charge in [0.05, 0.1) is 6.04 Å². The number of carboxylic acid groups (broad SMARTS) is 2. The van der Waals surface area contributed by atoms with Crippen molar-refractivity contribution in [3.05, 3.63) is 0 Å². The van der Waals surface area contributed by atoms with E-state index >= 15 is 0 Å². The molecule has 0 aliphatic carbocycles. The molecule has 35 heavy (non-hydrogen) atoms. The monoisotopic (exact) mass is 502 g/mol. The fourth-order valence-corrected chi connectivity index (χ4v) is 2.68. The van der Waals surface area contributed by atoms with Gasteiger partial charge < -0.3 is 49.1 Å². The third-order valence-electron chi connectivity index (χ3n) is 4.63. The van der Waals surface area contributed by atoms with Crippen molar-refractivity contribution in [2.75, 3.05) is 6.54 Å². The number of amides is 4. The Morgan fingerprint density at radius 2 is 1.40 bits per heavy atom. The van der Waals surface area contributed by atoms with Gasteiger partial charge in [-0.3, -0.25) is 29.0 Å². The molecule has 13 N–H and O–H groups in total. The lowest BCUT2D eigenvalue weighted by Crippen LogP contribution is -2.56. The Morgan fingerprint density at radius 3 is 1.91 bits per heavy atom. The van der Waals surface area contributed by atoms with Crippen molar-refractivity contribution in [1.82, 2.24) is 16.0 Å². The predicted octanol–water partition coefficient (Wildman–Crippen LogP) is -3.94. The molecule has 0 fully saturated rings. The average Bonchev–Trinajstić information content (AvgIpc) is 2.75. The summed E-state index contributed by atoms with van der Waals surface area (Å²) in [6.45, 7) is 1.43. The number of nitrogens with one attached hydrogen (secondary N) is 3. The summed E-state index contributed by atoms with van der Waals surface area (Å²) < 4.78 is 0. The quantitative estimate of drug-likeness (QED) is 0.0525. The van der Waals surface area contributed by atoms with Crippen LogP contribution in [0.15, 0.2) is 4.99 Å². The van der Waals surface area contributed by atoms with Crippen LogP contribution in [0.5, 0.6) is 0 Å². The molecule has 0 aromatic rings. The maximum Gasteiger partial charge on any atom is 0.326 e. The first-order valence-corrected chi connectivity index (χ1v) is 10.7. The van der Waals surface area contributed by atoms with Gasteiger partial charge in [-0.2, -0.15) is 0 Å². The number of carboxylic acids is 2. The normalized spacial score (nSPS) is 13.9. The van der Waals surface area contributed by atoms with E-state index in [9.17, 15) is 33.9 Å². The number of hydrogen-bond donors (Lipinski definition) is 9. The molecule has 4 amide bonds. The molecule has 0 radical (unpaired) electrons. The smallest absolute Gasteiger partial charge is 0.326 e. The summed E-state index contributed by atoms with van der Waals surface area (Å²) in [7, 11) is 0. The van der Waals surface area contributed by atoms with E-state index in [2.05, 4.69) is 20.9 Å². The minimum atomic E-state index is -1.36. The topological polar surface area (TPSA) is 295 Å². The molecule has 0 bridgehead atoms. The summed E-state index contributed by atoms with van der Waals surface area (Å²) in [5.74, 6) is -5.90. The first-order chi connectivity index (χ1) is 16.2. The third-order valence-corrected chi connectivity index (χ3v) is 4.63. The summed E-state index contributed by atoms with van der Waals surface area (Å²) in [6.07, 6.45) is -0.783. The molecule has 4 unspecified atom stereocenters. The van der Waals surface area contributed by atoms with Crippen molar-refractivity contribution in [2.45, 2.75) is 69.6 Å². The highest BCUT2D eigenvalue weighted by atomic mass is 16.4. The lowest BCUT2D eigenvalue weighted by atomic mass is 10.1. The number of carbonyl (C=O) groups excluding carboxylic acids is 4. The number of guanidine groups is 1. The average molecular weight is 503 g/mol. The Bertz CT molecular complexity index is 815. The zero-order valence-corrected chi connectivity index (χ0v) is 19.4. The number of nitrogens with two attached hydrogens (primary N) is 4. The Labute approximate surface area is 201 Å². The Balaban J connectivity index is 5.09. The number of carbonyl (C=O) groups is 6. The number of rotatable bonds is 17. The minimum absolute atomic E-state index is 0.0129. The van der Waals surface area contributed by atoms with Gasteiger partial charge in [0.1, 0.15) is 18.1 Å². The highest BCUT2D eigenvalue weighted by Crippen LogP contribution is 2.03. The van der Waals surface area contributed by atoms with Crippen LogP contribution in [-0.2, 0) is 28.8 Å². The number of aliphatic carboxylic acids is 2. The Hall–Kier alpha value is -3.95. The second kappa shape index (κ2) is 15.8. The van der Waals surface area contributed by atoms with Crippen molar-refractivity contribution < 1.29 is 39.0 Å². The van der Waals surface area contributed by atoms with Gasteiger partial charge in [0.2, 0.25) is 23.6 Å². The van der Waals surface area contributed by atoms with Crippen LogP contribution < -0.4 is 38.9 Å². The zero-order chi connectivity index (χ0) is 27.1. The van der Waals surface area contributed by atoms with E-state index in [4.69, 9.17) is 28.0 Å². The van der Waals surface area contributed by atoms with Crippen molar-refractivity contribution in [3.63, 3.8) is 0 Å². The van der Waals surface area contributed by atoms with Gasteiger partial charge in [-0.15, -0.1) is 0 Å². The standard InChI is InChI=1S/C19H34N8O8/c1-9(15(31)27-12(18(34)35)3-2-8-24-19(22)23)25-17(33)11(5-7-14(29)30)26-16(32)10(20)4-6-13(21)28/h9-12H,2-8,20H2,1H3,(H2,21,28)(H,25,33)(H,26,32)(H,27,31)(H,29,30)(H,34,35)(H4,22,23,24). The molecule has 0 saturated heterocycles. The summed E-state index contributed by atoms with van der Waals surface area (Å²) in [5, 5.41) is 25.1. The van der Waals surface area contributed by atoms with Gasteiger partial charge in [-0.1, -0.05) is 0 Å².